The van der Waals surface area contributed by atoms with Crippen LogP contribution in [0.5, 0.6) is 0 Å². The van der Waals surface area contributed by atoms with E-state index in [2.05, 4.69) is 22.6 Å². The molecule has 9 heteroatoms. The Hall–Kier alpha value is -0.940. The molecule has 0 aromatic carbocycles. The van der Waals surface area contributed by atoms with Crippen LogP contribution in [0.1, 0.15) is 52.9 Å². The zero-order valence-corrected chi connectivity index (χ0v) is 18.0. The molecule has 0 aromatic heterocycles. The zero-order valence-electron chi connectivity index (χ0n) is 15.9. The van der Waals surface area contributed by atoms with E-state index in [0.717, 1.165) is 25.7 Å². The van der Waals surface area contributed by atoms with Crippen LogP contribution in [0.2, 0.25) is 0 Å². The van der Waals surface area contributed by atoms with Gasteiger partial charge in [0, 0.05) is 20.8 Å². The van der Waals surface area contributed by atoms with Crippen LogP contribution in [-0.2, 0) is 38.1 Å². The summed E-state index contributed by atoms with van der Waals surface area (Å²) in [7, 11) is 0. The lowest BCUT2D eigenvalue weighted by molar-refractivity contribution is -0.272. The Labute approximate surface area is 172 Å². The van der Waals surface area contributed by atoms with E-state index in [4.69, 9.17) is 23.7 Å². The van der Waals surface area contributed by atoms with Crippen LogP contribution in [-0.4, -0.2) is 59.1 Å². The quantitative estimate of drug-likeness (QED) is 0.238. The van der Waals surface area contributed by atoms with E-state index >= 15 is 0 Å². The molecule has 2 fully saturated rings. The average Bonchev–Trinajstić information content (AvgIpc) is 2.59. The van der Waals surface area contributed by atoms with Crippen molar-refractivity contribution in [3.63, 3.8) is 0 Å². The first kappa shape index (κ1) is 22.4. The van der Waals surface area contributed by atoms with Crippen LogP contribution < -0.4 is 0 Å². The highest BCUT2D eigenvalue weighted by molar-refractivity contribution is 14.1. The van der Waals surface area contributed by atoms with E-state index in [-0.39, 0.29) is 16.6 Å². The molecule has 1 saturated heterocycles. The first-order valence-electron chi connectivity index (χ1n) is 9.20. The van der Waals surface area contributed by atoms with Gasteiger partial charge in [-0.2, -0.15) is 0 Å². The lowest BCUT2D eigenvalue weighted by Crippen LogP contribution is -2.60. The fourth-order valence-electron chi connectivity index (χ4n) is 3.36. The number of alkyl halides is 1. The van der Waals surface area contributed by atoms with Crippen LogP contribution in [0.4, 0.5) is 0 Å². The Morgan fingerprint density at radius 1 is 0.926 bits per heavy atom. The maximum atomic E-state index is 11.6. The Morgan fingerprint density at radius 2 is 1.52 bits per heavy atom. The summed E-state index contributed by atoms with van der Waals surface area (Å²) in [6.07, 6.45) is 2.25. The minimum Gasteiger partial charge on any atom is -0.463 e. The second kappa shape index (κ2) is 10.6. The van der Waals surface area contributed by atoms with Crippen LogP contribution in [0, 0.1) is 0 Å². The molecule has 2 rings (SSSR count). The number of ether oxygens (including phenoxy) is 5. The summed E-state index contributed by atoms with van der Waals surface area (Å²) in [6.45, 7) is 3.71. The van der Waals surface area contributed by atoms with Gasteiger partial charge in [-0.05, 0) is 12.8 Å². The SMILES string of the molecule is CC(=O)OCC1OC(OC2CCCCC2)C(I)C(OC(C)=O)C1OC(C)=O. The summed E-state index contributed by atoms with van der Waals surface area (Å²) < 4.78 is 27.6. The van der Waals surface area contributed by atoms with E-state index in [0.29, 0.717) is 0 Å². The van der Waals surface area contributed by atoms with E-state index in [1.807, 2.05) is 0 Å². The molecule has 5 atom stereocenters. The van der Waals surface area contributed by atoms with Crippen molar-refractivity contribution < 1.29 is 38.1 Å². The van der Waals surface area contributed by atoms with Crippen molar-refractivity contribution >= 4 is 40.5 Å². The second-order valence-corrected chi connectivity index (χ2v) is 8.27. The van der Waals surface area contributed by atoms with Gasteiger partial charge in [-0.1, -0.05) is 41.9 Å². The fraction of sp³-hybridized carbons (Fsp3) is 0.833. The third kappa shape index (κ3) is 6.86. The molecule has 0 amide bonds. The third-order valence-corrected chi connectivity index (χ3v) is 5.80. The molecule has 154 valence electrons. The molecule has 1 aliphatic heterocycles. The summed E-state index contributed by atoms with van der Waals surface area (Å²) in [5, 5.41) is 0. The minimum atomic E-state index is -0.890. The molecule has 1 aliphatic carbocycles. The van der Waals surface area contributed by atoms with Crippen molar-refractivity contribution in [1.29, 1.82) is 0 Å². The minimum absolute atomic E-state index is 0.0682. The maximum Gasteiger partial charge on any atom is 0.303 e. The van der Waals surface area contributed by atoms with E-state index in [1.54, 1.807) is 0 Å². The van der Waals surface area contributed by atoms with E-state index in [9.17, 15) is 14.4 Å². The second-order valence-electron chi connectivity index (χ2n) is 6.83. The molecule has 5 unspecified atom stereocenters. The van der Waals surface area contributed by atoms with Crippen molar-refractivity contribution in [3.05, 3.63) is 0 Å². The van der Waals surface area contributed by atoms with Crippen molar-refractivity contribution in [2.75, 3.05) is 6.61 Å². The first-order valence-corrected chi connectivity index (χ1v) is 10.4. The Bertz CT molecular complexity index is 533. The van der Waals surface area contributed by atoms with Crippen LogP contribution >= 0.6 is 22.6 Å². The molecule has 0 bridgehead atoms. The van der Waals surface area contributed by atoms with Crippen molar-refractivity contribution in [3.8, 4) is 0 Å². The maximum absolute atomic E-state index is 11.6. The van der Waals surface area contributed by atoms with Gasteiger partial charge in [-0.25, -0.2) is 0 Å². The number of hydrogen-bond donors (Lipinski definition) is 0. The number of halogens is 1. The van der Waals surface area contributed by atoms with Crippen LogP contribution in [0.15, 0.2) is 0 Å². The van der Waals surface area contributed by atoms with Crippen molar-refractivity contribution in [2.45, 2.75) is 87.5 Å². The Balaban J connectivity index is 2.19. The Kier molecular flexibility index (Phi) is 8.74. The molecule has 0 spiro atoms. The number of rotatable bonds is 6. The Morgan fingerprint density at radius 3 is 2.07 bits per heavy atom. The van der Waals surface area contributed by atoms with E-state index in [1.165, 1.54) is 27.2 Å². The highest BCUT2D eigenvalue weighted by Crippen LogP contribution is 2.34. The molecule has 0 N–H and O–H groups in total. The van der Waals surface area contributed by atoms with E-state index < -0.39 is 42.5 Å². The summed E-state index contributed by atoms with van der Waals surface area (Å²) in [6, 6.07) is 0. The topological polar surface area (TPSA) is 97.4 Å². The molecule has 2 aliphatic rings. The highest BCUT2D eigenvalue weighted by Gasteiger charge is 2.50. The smallest absolute Gasteiger partial charge is 0.303 e. The predicted octanol–water partition coefficient (Wildman–Crippen LogP) is 2.29. The zero-order chi connectivity index (χ0) is 20.0. The fourth-order valence-corrected chi connectivity index (χ4v) is 4.26. The number of carbonyl (C=O) groups is 3. The van der Waals surface area contributed by atoms with Gasteiger partial charge >= 0.3 is 17.9 Å². The number of hydrogen-bond acceptors (Lipinski definition) is 8. The van der Waals surface area contributed by atoms with Gasteiger partial charge in [0.1, 0.15) is 16.6 Å². The van der Waals surface area contributed by atoms with Gasteiger partial charge in [0.25, 0.3) is 0 Å². The molecule has 27 heavy (non-hydrogen) atoms. The van der Waals surface area contributed by atoms with Crippen LogP contribution in [0.3, 0.4) is 0 Å². The molecular formula is C18H27IO8. The molecule has 1 saturated carbocycles. The highest BCUT2D eigenvalue weighted by atomic mass is 127. The van der Waals surface area contributed by atoms with Crippen molar-refractivity contribution in [1.82, 2.24) is 0 Å². The molecule has 0 radical (unpaired) electrons. The van der Waals surface area contributed by atoms with Crippen LogP contribution in [0.25, 0.3) is 0 Å². The lowest BCUT2D eigenvalue weighted by atomic mass is 9.97. The van der Waals surface area contributed by atoms with Gasteiger partial charge in [0.2, 0.25) is 0 Å². The predicted molar refractivity (Wildman–Crippen MR) is 102 cm³/mol. The summed E-state index contributed by atoms with van der Waals surface area (Å²) in [5.41, 5.74) is 0. The summed E-state index contributed by atoms with van der Waals surface area (Å²) in [4.78, 5) is 34.4. The molecule has 1 heterocycles. The monoisotopic (exact) mass is 498 g/mol. The standard InChI is InChI=1S/C18H27IO8/c1-10(20)23-9-14-16(24-11(2)21)17(25-12(3)22)15(19)18(27-14)26-13-7-5-4-6-8-13/h13-18H,4-9H2,1-3H3. The first-order chi connectivity index (χ1) is 12.8. The molecule has 8 nitrogen and oxygen atoms in total. The van der Waals surface area contributed by atoms with Gasteiger partial charge < -0.3 is 23.7 Å². The third-order valence-electron chi connectivity index (χ3n) is 4.51. The van der Waals surface area contributed by atoms with Gasteiger partial charge in [0.15, 0.2) is 18.5 Å². The molecular weight excluding hydrogens is 471 g/mol. The normalized spacial score (nSPS) is 31.8. The lowest BCUT2D eigenvalue weighted by Gasteiger charge is -2.44. The summed E-state index contributed by atoms with van der Waals surface area (Å²) in [5.74, 6) is -1.52. The number of esters is 3. The molecule has 0 aromatic rings. The van der Waals surface area contributed by atoms with Gasteiger partial charge in [-0.3, -0.25) is 14.4 Å². The average molecular weight is 498 g/mol. The van der Waals surface area contributed by atoms with Crippen molar-refractivity contribution in [2.24, 2.45) is 0 Å². The number of carbonyl (C=O) groups excluding carboxylic acids is 3. The summed E-state index contributed by atoms with van der Waals surface area (Å²) >= 11 is 2.10. The van der Waals surface area contributed by atoms with Gasteiger partial charge in [0.05, 0.1) is 6.10 Å². The van der Waals surface area contributed by atoms with Gasteiger partial charge in [-0.15, -0.1) is 0 Å². The largest absolute Gasteiger partial charge is 0.463 e.